The van der Waals surface area contributed by atoms with Crippen molar-refractivity contribution in [1.29, 1.82) is 0 Å². The Kier molecular flexibility index (Phi) is 7.01. The number of hydrogen-bond acceptors (Lipinski definition) is 5. The van der Waals surface area contributed by atoms with E-state index < -0.39 is 9.84 Å². The molecule has 0 unspecified atom stereocenters. The summed E-state index contributed by atoms with van der Waals surface area (Å²) in [5, 5.41) is 2.65. The first-order valence-corrected chi connectivity index (χ1v) is 10.3. The second kappa shape index (κ2) is 9.23. The normalized spacial score (nSPS) is 11.4. The number of anilines is 1. The van der Waals surface area contributed by atoms with Gasteiger partial charge in [0.05, 0.1) is 18.6 Å². The molecular weight excluding hydrogens is 366 g/mol. The van der Waals surface area contributed by atoms with Crippen LogP contribution in [0.15, 0.2) is 53.4 Å². The van der Waals surface area contributed by atoms with Gasteiger partial charge in [-0.3, -0.25) is 4.79 Å². The summed E-state index contributed by atoms with van der Waals surface area (Å²) in [5.74, 6) is 0.872. The van der Waals surface area contributed by atoms with E-state index >= 15 is 0 Å². The molecule has 0 fully saturated rings. The van der Waals surface area contributed by atoms with Crippen molar-refractivity contribution in [1.82, 2.24) is 0 Å². The van der Waals surface area contributed by atoms with Crippen molar-refractivity contribution in [2.45, 2.75) is 18.2 Å². The smallest absolute Gasteiger partial charge is 0.248 e. The molecule has 2 aromatic rings. The molecule has 0 bridgehead atoms. The Morgan fingerprint density at radius 1 is 1.15 bits per heavy atom. The van der Waals surface area contributed by atoms with E-state index in [1.54, 1.807) is 37.5 Å². The van der Waals surface area contributed by atoms with Gasteiger partial charge in [0.2, 0.25) is 5.91 Å². The Morgan fingerprint density at radius 2 is 1.93 bits per heavy atom. The van der Waals surface area contributed by atoms with Crippen molar-refractivity contribution in [3.8, 4) is 11.5 Å². The van der Waals surface area contributed by atoms with Gasteiger partial charge < -0.3 is 14.8 Å². The molecule has 0 aliphatic heterocycles. The summed E-state index contributed by atoms with van der Waals surface area (Å²) in [5.41, 5.74) is 1.18. The van der Waals surface area contributed by atoms with E-state index in [1.165, 1.54) is 18.2 Å². The minimum absolute atomic E-state index is 0.150. The molecule has 0 saturated carbocycles. The monoisotopic (exact) mass is 389 g/mol. The third kappa shape index (κ3) is 6.14. The maximum absolute atomic E-state index is 12.1. The fraction of sp³-hybridized carbons (Fsp3) is 0.250. The van der Waals surface area contributed by atoms with Crippen LogP contribution in [0.3, 0.4) is 0 Å². The number of hydrogen-bond donors (Lipinski definition) is 1. The highest BCUT2D eigenvalue weighted by molar-refractivity contribution is 7.90. The summed E-state index contributed by atoms with van der Waals surface area (Å²) >= 11 is 0. The molecule has 1 amide bonds. The lowest BCUT2D eigenvalue weighted by Crippen LogP contribution is -2.08. The first-order valence-electron chi connectivity index (χ1n) is 8.43. The van der Waals surface area contributed by atoms with Crippen molar-refractivity contribution >= 4 is 27.5 Å². The van der Waals surface area contributed by atoms with E-state index in [2.05, 4.69) is 5.32 Å². The van der Waals surface area contributed by atoms with Crippen molar-refractivity contribution < 1.29 is 22.7 Å². The lowest BCUT2D eigenvalue weighted by molar-refractivity contribution is -0.111. The van der Waals surface area contributed by atoms with E-state index in [4.69, 9.17) is 9.47 Å². The van der Waals surface area contributed by atoms with Crippen LogP contribution in [0.5, 0.6) is 11.5 Å². The minimum Gasteiger partial charge on any atom is -0.493 e. The van der Waals surface area contributed by atoms with Crippen LogP contribution < -0.4 is 14.8 Å². The molecule has 0 spiro atoms. The summed E-state index contributed by atoms with van der Waals surface area (Å²) in [4.78, 5) is 12.3. The molecule has 6 nitrogen and oxygen atoms in total. The number of nitrogens with one attached hydrogen (secondary N) is 1. The number of carbonyl (C=O) groups excluding carboxylic acids is 1. The molecule has 7 heteroatoms. The van der Waals surface area contributed by atoms with Gasteiger partial charge in [-0.05, 0) is 48.4 Å². The van der Waals surface area contributed by atoms with Crippen molar-refractivity contribution in [2.24, 2.45) is 0 Å². The molecule has 27 heavy (non-hydrogen) atoms. The van der Waals surface area contributed by atoms with Gasteiger partial charge in [-0.25, -0.2) is 8.42 Å². The zero-order chi connectivity index (χ0) is 19.9. The topological polar surface area (TPSA) is 81.7 Å². The van der Waals surface area contributed by atoms with Crippen molar-refractivity contribution in [3.05, 3.63) is 54.1 Å². The van der Waals surface area contributed by atoms with Crippen LogP contribution in [0.1, 0.15) is 18.9 Å². The average Bonchev–Trinajstić information content (AvgIpc) is 2.64. The van der Waals surface area contributed by atoms with Crippen LogP contribution in [0.25, 0.3) is 6.08 Å². The molecule has 144 valence electrons. The van der Waals surface area contributed by atoms with Crippen LogP contribution in [0, 0.1) is 0 Å². The first-order chi connectivity index (χ1) is 12.8. The van der Waals surface area contributed by atoms with Crippen LogP contribution in [0.2, 0.25) is 0 Å². The average molecular weight is 389 g/mol. The molecule has 0 aliphatic carbocycles. The summed E-state index contributed by atoms with van der Waals surface area (Å²) in [6, 6.07) is 11.5. The zero-order valence-corrected chi connectivity index (χ0v) is 16.4. The number of rotatable bonds is 8. The molecular formula is C20H23NO5S. The standard InChI is InChI=1S/C20H23NO5S/c1-4-12-26-18-10-8-15(13-19(18)25-2)9-11-20(22)21-16-6-5-7-17(14-16)27(3,23)24/h5-11,13-14H,4,12H2,1-3H3,(H,21,22)/b11-9+. The van der Waals surface area contributed by atoms with Gasteiger partial charge in [-0.1, -0.05) is 19.1 Å². The predicted molar refractivity (Wildman–Crippen MR) is 106 cm³/mol. The Labute approximate surface area is 159 Å². The fourth-order valence-electron chi connectivity index (χ4n) is 2.28. The Hall–Kier alpha value is -2.80. The second-order valence-electron chi connectivity index (χ2n) is 5.88. The third-order valence-electron chi connectivity index (χ3n) is 3.61. The lowest BCUT2D eigenvalue weighted by atomic mass is 10.2. The number of sulfone groups is 1. The van der Waals surface area contributed by atoms with Crippen molar-refractivity contribution in [3.63, 3.8) is 0 Å². The number of ether oxygens (including phenoxy) is 2. The largest absolute Gasteiger partial charge is 0.493 e. The van der Waals surface area contributed by atoms with E-state index in [1.807, 2.05) is 13.0 Å². The number of amides is 1. The Bertz CT molecular complexity index is 935. The summed E-state index contributed by atoms with van der Waals surface area (Å²) in [6.45, 7) is 2.62. The maximum Gasteiger partial charge on any atom is 0.248 e. The van der Waals surface area contributed by atoms with Gasteiger partial charge in [0.25, 0.3) is 0 Å². The van der Waals surface area contributed by atoms with Gasteiger partial charge in [-0.15, -0.1) is 0 Å². The van der Waals surface area contributed by atoms with Crippen molar-refractivity contribution in [2.75, 3.05) is 25.3 Å². The fourth-order valence-corrected chi connectivity index (χ4v) is 2.95. The molecule has 0 aromatic heterocycles. The predicted octanol–water partition coefficient (Wildman–Crippen LogP) is 3.54. The van der Waals surface area contributed by atoms with E-state index in [-0.39, 0.29) is 10.8 Å². The quantitative estimate of drug-likeness (QED) is 0.699. The van der Waals surface area contributed by atoms with Gasteiger partial charge in [0.15, 0.2) is 21.3 Å². The molecule has 0 heterocycles. The first kappa shape index (κ1) is 20.5. The highest BCUT2D eigenvalue weighted by Gasteiger charge is 2.08. The highest BCUT2D eigenvalue weighted by Crippen LogP contribution is 2.28. The van der Waals surface area contributed by atoms with Gasteiger partial charge >= 0.3 is 0 Å². The Balaban J connectivity index is 2.08. The van der Waals surface area contributed by atoms with Crippen LogP contribution in [-0.2, 0) is 14.6 Å². The number of methoxy groups -OCH3 is 1. The van der Waals surface area contributed by atoms with E-state index in [0.29, 0.717) is 23.8 Å². The lowest BCUT2D eigenvalue weighted by Gasteiger charge is -2.10. The molecule has 2 rings (SSSR count). The SMILES string of the molecule is CCCOc1ccc(/C=C/C(=O)Nc2cccc(S(C)(=O)=O)c2)cc1OC. The minimum atomic E-state index is -3.33. The summed E-state index contributed by atoms with van der Waals surface area (Å²) < 4.78 is 34.1. The summed E-state index contributed by atoms with van der Waals surface area (Å²) in [6.07, 6.45) is 5.02. The molecule has 1 N–H and O–H groups in total. The number of benzene rings is 2. The van der Waals surface area contributed by atoms with Gasteiger partial charge in [0, 0.05) is 18.0 Å². The molecule has 0 radical (unpaired) electrons. The van der Waals surface area contributed by atoms with Crippen LogP contribution in [0.4, 0.5) is 5.69 Å². The van der Waals surface area contributed by atoms with Gasteiger partial charge in [-0.2, -0.15) is 0 Å². The molecule has 2 aromatic carbocycles. The highest BCUT2D eigenvalue weighted by atomic mass is 32.2. The molecule has 0 saturated heterocycles. The second-order valence-corrected chi connectivity index (χ2v) is 7.90. The molecule has 0 atom stereocenters. The Morgan fingerprint density at radius 3 is 2.59 bits per heavy atom. The van der Waals surface area contributed by atoms with Crippen LogP contribution in [-0.4, -0.2) is 34.3 Å². The van der Waals surface area contributed by atoms with Crippen LogP contribution >= 0.6 is 0 Å². The third-order valence-corrected chi connectivity index (χ3v) is 4.72. The number of carbonyl (C=O) groups is 1. The van der Waals surface area contributed by atoms with E-state index in [0.717, 1.165) is 18.2 Å². The maximum atomic E-state index is 12.1. The zero-order valence-electron chi connectivity index (χ0n) is 15.6. The molecule has 0 aliphatic rings. The summed E-state index contributed by atoms with van der Waals surface area (Å²) in [7, 11) is -1.77. The van der Waals surface area contributed by atoms with E-state index in [9.17, 15) is 13.2 Å². The van der Waals surface area contributed by atoms with Gasteiger partial charge in [0.1, 0.15) is 0 Å².